The molecule has 3 aliphatic rings. The van der Waals surface area contributed by atoms with Crippen LogP contribution in [-0.4, -0.2) is 43.9 Å². The van der Waals surface area contributed by atoms with E-state index in [2.05, 4.69) is 94.1 Å². The predicted molar refractivity (Wildman–Crippen MR) is 182 cm³/mol. The van der Waals surface area contributed by atoms with Crippen LogP contribution in [0.3, 0.4) is 0 Å². The lowest BCUT2D eigenvalue weighted by molar-refractivity contribution is 0.472. The fraction of sp³-hybridized carbons (Fsp3) is 0.727. The van der Waals surface area contributed by atoms with Gasteiger partial charge in [-0.3, -0.25) is 4.68 Å². The number of nitrogens with zero attached hydrogens (tertiary/aromatic N) is 5. The molecule has 0 saturated heterocycles. The van der Waals surface area contributed by atoms with Crippen LogP contribution in [-0.2, 0) is 39.1 Å². The molecule has 240 valence electrons. The number of hydrogen-bond donors (Lipinski definition) is 3. The maximum atomic E-state index is 4.61. The van der Waals surface area contributed by atoms with Gasteiger partial charge in [0.25, 0.3) is 0 Å². The Hall–Kier alpha value is -2.07. The smallest absolute Gasteiger partial charge is 0.123 e. The second-order valence-corrected chi connectivity index (χ2v) is 11.8. The molecule has 0 unspecified atom stereocenters. The van der Waals surface area contributed by atoms with Crippen LogP contribution >= 0.6 is 11.3 Å². The Morgan fingerprint density at radius 2 is 1.33 bits per heavy atom. The van der Waals surface area contributed by atoms with Crippen LogP contribution in [0.2, 0.25) is 0 Å². The molecule has 3 aromatic heterocycles. The van der Waals surface area contributed by atoms with Crippen molar-refractivity contribution in [2.75, 3.05) is 19.6 Å². The zero-order chi connectivity index (χ0) is 31.7. The zero-order valence-corrected chi connectivity index (χ0v) is 29.7. The Kier molecular flexibility index (Phi) is 18.8. The van der Waals surface area contributed by atoms with Crippen molar-refractivity contribution in [3.05, 3.63) is 50.7 Å². The van der Waals surface area contributed by atoms with Crippen molar-refractivity contribution in [3.63, 3.8) is 0 Å². The SMILES string of the molecule is CC.CC.CC.CC(C)c1cc2n(n1)CCNC2.CC(C)c1cn2c(n1)CNCC2.CC(C)c1nc2c(s1)CCNC2. The highest BCUT2D eigenvalue weighted by molar-refractivity contribution is 7.11. The number of hydrogen-bond acceptors (Lipinski definition) is 7. The molecule has 0 aliphatic carbocycles. The van der Waals surface area contributed by atoms with Gasteiger partial charge in [0.05, 0.1) is 40.9 Å². The van der Waals surface area contributed by atoms with Gasteiger partial charge in [-0.2, -0.15) is 5.10 Å². The number of fused-ring (bicyclic) bond motifs is 3. The van der Waals surface area contributed by atoms with Gasteiger partial charge in [-0.25, -0.2) is 9.97 Å². The van der Waals surface area contributed by atoms with Crippen LogP contribution in [0.25, 0.3) is 0 Å². The first-order valence-corrected chi connectivity index (χ1v) is 17.4. The average Bonchev–Trinajstić information content (AvgIpc) is 3.77. The highest BCUT2D eigenvalue weighted by Crippen LogP contribution is 2.26. The molecule has 3 aromatic rings. The molecule has 6 rings (SSSR count). The number of aromatic nitrogens is 5. The van der Waals surface area contributed by atoms with Crippen LogP contribution < -0.4 is 16.0 Å². The molecule has 0 spiro atoms. The van der Waals surface area contributed by atoms with Gasteiger partial charge in [-0.1, -0.05) is 83.1 Å². The predicted octanol–water partition coefficient (Wildman–Crippen LogP) is 7.21. The van der Waals surface area contributed by atoms with Crippen molar-refractivity contribution in [1.29, 1.82) is 0 Å². The van der Waals surface area contributed by atoms with E-state index in [1.807, 2.05) is 52.9 Å². The summed E-state index contributed by atoms with van der Waals surface area (Å²) in [7, 11) is 0. The summed E-state index contributed by atoms with van der Waals surface area (Å²) in [6.07, 6.45) is 3.35. The quantitative estimate of drug-likeness (QED) is 0.294. The van der Waals surface area contributed by atoms with E-state index in [-0.39, 0.29) is 0 Å². The standard InChI is InChI=1S/2C9H15N3.C9H14N2S.3C2H6/c1-7(2)8-6-12-4-3-10-5-9(12)11-8;1-7(2)9-5-8-6-10-3-4-12(8)11-9;1-6(2)9-11-7-5-10-4-3-8(7)12-9;3*1-2/h6-7,10H,3-5H2,1-2H3;5,7,10H,3-4,6H2,1-2H3;6,10H,3-5H2,1-2H3;3*1-2H3. The van der Waals surface area contributed by atoms with Gasteiger partial charge >= 0.3 is 0 Å². The fourth-order valence-corrected chi connectivity index (χ4v) is 5.46. The lowest BCUT2D eigenvalue weighted by Crippen LogP contribution is -2.28. The number of thiazole rings is 1. The number of rotatable bonds is 3. The first-order valence-electron chi connectivity index (χ1n) is 16.5. The summed E-state index contributed by atoms with van der Waals surface area (Å²) in [5.41, 5.74) is 5.04. The molecule has 0 atom stereocenters. The molecule has 0 bridgehead atoms. The lowest BCUT2D eigenvalue weighted by atomic mass is 10.1. The zero-order valence-electron chi connectivity index (χ0n) is 28.9. The highest BCUT2D eigenvalue weighted by atomic mass is 32.1. The third-order valence-electron chi connectivity index (χ3n) is 6.67. The van der Waals surface area contributed by atoms with E-state index in [1.54, 1.807) is 0 Å². The minimum atomic E-state index is 0.545. The van der Waals surface area contributed by atoms with Gasteiger partial charge < -0.3 is 20.5 Å². The summed E-state index contributed by atoms with van der Waals surface area (Å²) in [5.74, 6) is 2.86. The number of nitrogens with one attached hydrogen (secondary N) is 3. The first kappa shape index (κ1) is 38.0. The Labute approximate surface area is 261 Å². The van der Waals surface area contributed by atoms with Gasteiger partial charge in [0.1, 0.15) is 5.82 Å². The molecule has 0 amide bonds. The molecule has 6 heterocycles. The van der Waals surface area contributed by atoms with Gasteiger partial charge in [0.15, 0.2) is 0 Å². The number of imidazole rings is 1. The maximum absolute atomic E-state index is 4.61. The molecular weight excluding hydrogens is 540 g/mol. The van der Waals surface area contributed by atoms with Crippen LogP contribution in [0.1, 0.15) is 139 Å². The van der Waals surface area contributed by atoms with E-state index in [0.717, 1.165) is 52.4 Å². The summed E-state index contributed by atoms with van der Waals surface area (Å²) in [6, 6.07) is 2.21. The van der Waals surface area contributed by atoms with E-state index in [9.17, 15) is 0 Å². The summed E-state index contributed by atoms with van der Waals surface area (Å²) in [4.78, 5) is 10.7. The van der Waals surface area contributed by atoms with E-state index >= 15 is 0 Å². The topological polar surface area (TPSA) is 84.6 Å². The van der Waals surface area contributed by atoms with Crippen LogP contribution in [0, 0.1) is 0 Å². The van der Waals surface area contributed by atoms with Gasteiger partial charge in [0, 0.05) is 56.3 Å². The van der Waals surface area contributed by atoms with Crippen molar-refractivity contribution in [2.45, 2.75) is 140 Å². The van der Waals surface area contributed by atoms with Crippen molar-refractivity contribution < 1.29 is 0 Å². The Morgan fingerprint density at radius 1 is 0.714 bits per heavy atom. The third-order valence-corrected chi connectivity index (χ3v) is 8.13. The van der Waals surface area contributed by atoms with E-state index in [1.165, 1.54) is 44.9 Å². The summed E-state index contributed by atoms with van der Waals surface area (Å²) in [6.45, 7) is 33.3. The fourth-order valence-electron chi connectivity index (χ4n) is 4.38. The van der Waals surface area contributed by atoms with Gasteiger partial charge in [-0.15, -0.1) is 11.3 Å². The summed E-state index contributed by atoms with van der Waals surface area (Å²) >= 11 is 1.89. The molecule has 42 heavy (non-hydrogen) atoms. The molecular formula is C33H62N8S. The second-order valence-electron chi connectivity index (χ2n) is 10.7. The van der Waals surface area contributed by atoms with Crippen LogP contribution in [0.15, 0.2) is 12.3 Å². The van der Waals surface area contributed by atoms with E-state index < -0.39 is 0 Å². The van der Waals surface area contributed by atoms with Gasteiger partial charge in [0.2, 0.25) is 0 Å². The Morgan fingerprint density at radius 3 is 1.90 bits per heavy atom. The van der Waals surface area contributed by atoms with Crippen molar-refractivity contribution in [1.82, 2.24) is 40.3 Å². The first-order chi connectivity index (χ1) is 20.3. The van der Waals surface area contributed by atoms with Crippen molar-refractivity contribution >= 4 is 11.3 Å². The van der Waals surface area contributed by atoms with Crippen LogP contribution in [0.5, 0.6) is 0 Å². The maximum Gasteiger partial charge on any atom is 0.123 e. The summed E-state index contributed by atoms with van der Waals surface area (Å²) in [5, 5.41) is 15.8. The monoisotopic (exact) mass is 602 g/mol. The minimum absolute atomic E-state index is 0.545. The molecule has 3 aliphatic heterocycles. The molecule has 8 nitrogen and oxygen atoms in total. The van der Waals surface area contributed by atoms with Gasteiger partial charge in [-0.05, 0) is 24.3 Å². The van der Waals surface area contributed by atoms with Crippen molar-refractivity contribution in [2.24, 2.45) is 0 Å². The second kappa shape index (κ2) is 20.8. The normalized spacial score (nSPS) is 14.6. The van der Waals surface area contributed by atoms with E-state index in [4.69, 9.17) is 0 Å². The third kappa shape index (κ3) is 11.5. The molecule has 0 aromatic carbocycles. The summed E-state index contributed by atoms with van der Waals surface area (Å²) < 4.78 is 4.37. The molecule has 9 heteroatoms. The molecule has 0 saturated carbocycles. The molecule has 0 radical (unpaired) electrons. The van der Waals surface area contributed by atoms with Crippen LogP contribution in [0.4, 0.5) is 0 Å². The molecule has 0 fully saturated rings. The average molecular weight is 603 g/mol. The minimum Gasteiger partial charge on any atom is -0.332 e. The molecule has 3 N–H and O–H groups in total. The Bertz CT molecular complexity index is 901. The lowest BCUT2D eigenvalue weighted by Gasteiger charge is -2.13. The largest absolute Gasteiger partial charge is 0.332 e. The van der Waals surface area contributed by atoms with Crippen molar-refractivity contribution in [3.8, 4) is 0 Å². The highest BCUT2D eigenvalue weighted by Gasteiger charge is 2.16. The van der Waals surface area contributed by atoms with E-state index in [0.29, 0.717) is 17.8 Å². The Balaban J connectivity index is 0.000000289.